The number of hydrogen-bond donors (Lipinski definition) is 0. The average molecular weight is 240 g/mol. The van der Waals surface area contributed by atoms with Gasteiger partial charge in [0.1, 0.15) is 0 Å². The first-order chi connectivity index (χ1) is 7.74. The summed E-state index contributed by atoms with van der Waals surface area (Å²) in [4.78, 5) is 0. The molecule has 2 unspecified atom stereocenters. The quantitative estimate of drug-likeness (QED) is 0.593. The summed E-state index contributed by atoms with van der Waals surface area (Å²) in [6, 6.07) is 0. The van der Waals surface area contributed by atoms with Crippen molar-refractivity contribution >= 4 is 11.8 Å². The van der Waals surface area contributed by atoms with Crippen LogP contribution < -0.4 is 0 Å². The predicted octanol–water partition coefficient (Wildman–Crippen LogP) is 5.27. The van der Waals surface area contributed by atoms with Gasteiger partial charge in [-0.3, -0.25) is 0 Å². The zero-order valence-electron chi connectivity index (χ0n) is 11.1. The molecule has 2 aliphatic carbocycles. The predicted molar refractivity (Wildman–Crippen MR) is 75.0 cm³/mol. The van der Waals surface area contributed by atoms with E-state index in [-0.39, 0.29) is 0 Å². The molecule has 1 heteroatoms. The second-order valence-electron chi connectivity index (χ2n) is 6.25. The molecule has 0 heterocycles. The van der Waals surface area contributed by atoms with E-state index in [1.165, 1.54) is 57.8 Å². The van der Waals surface area contributed by atoms with Crippen LogP contribution in [0.15, 0.2) is 0 Å². The highest BCUT2D eigenvalue weighted by Crippen LogP contribution is 2.38. The van der Waals surface area contributed by atoms with Gasteiger partial charge >= 0.3 is 0 Å². The van der Waals surface area contributed by atoms with Crippen LogP contribution in [0.2, 0.25) is 0 Å². The van der Waals surface area contributed by atoms with Crippen LogP contribution in [0.5, 0.6) is 0 Å². The fourth-order valence-corrected chi connectivity index (χ4v) is 4.89. The van der Waals surface area contributed by atoms with Crippen molar-refractivity contribution < 1.29 is 0 Å². The van der Waals surface area contributed by atoms with Crippen LogP contribution in [0.4, 0.5) is 0 Å². The molecule has 0 spiro atoms. The molecule has 0 aromatic heterocycles. The zero-order chi connectivity index (χ0) is 11.4. The number of thioether (sulfide) groups is 1. The third-order valence-corrected chi connectivity index (χ3v) is 6.26. The van der Waals surface area contributed by atoms with Gasteiger partial charge in [-0.25, -0.2) is 0 Å². The lowest BCUT2D eigenvalue weighted by atomic mass is 9.91. The highest BCUT2D eigenvalue weighted by molar-refractivity contribution is 8.00. The third kappa shape index (κ3) is 3.98. The summed E-state index contributed by atoms with van der Waals surface area (Å²) in [5.41, 5.74) is 0. The summed E-state index contributed by atoms with van der Waals surface area (Å²) in [6.07, 6.45) is 13.4. The van der Waals surface area contributed by atoms with Crippen LogP contribution in [0.3, 0.4) is 0 Å². The van der Waals surface area contributed by atoms with E-state index < -0.39 is 0 Å². The zero-order valence-corrected chi connectivity index (χ0v) is 11.9. The summed E-state index contributed by atoms with van der Waals surface area (Å²) < 4.78 is 0. The van der Waals surface area contributed by atoms with Gasteiger partial charge < -0.3 is 0 Å². The molecule has 0 nitrogen and oxygen atoms in total. The second-order valence-corrected chi connectivity index (χ2v) is 7.86. The van der Waals surface area contributed by atoms with Gasteiger partial charge in [0.2, 0.25) is 0 Å². The largest absolute Gasteiger partial charge is 0.155 e. The Labute approximate surface area is 106 Å². The molecule has 0 radical (unpaired) electrons. The van der Waals surface area contributed by atoms with Gasteiger partial charge in [-0.05, 0) is 56.8 Å². The molecule has 0 bridgehead atoms. The van der Waals surface area contributed by atoms with Gasteiger partial charge in [0.15, 0.2) is 0 Å². The van der Waals surface area contributed by atoms with Crippen LogP contribution in [0.1, 0.15) is 71.6 Å². The first-order valence-corrected chi connectivity index (χ1v) is 8.33. The van der Waals surface area contributed by atoms with Crippen molar-refractivity contribution in [1.29, 1.82) is 0 Å². The standard InChI is InChI=1S/C15H28S/c1-12-4-3-5-14(9-6-12)16-15-10-7-13(2)8-11-15/h12-15H,3-11H2,1-2H3. The molecule has 2 saturated carbocycles. The molecule has 2 rings (SSSR count). The molecule has 0 amide bonds. The molecule has 94 valence electrons. The Morgan fingerprint density at radius 3 is 1.75 bits per heavy atom. The van der Waals surface area contributed by atoms with Crippen molar-refractivity contribution in [1.82, 2.24) is 0 Å². The summed E-state index contributed by atoms with van der Waals surface area (Å²) >= 11 is 2.36. The molecule has 0 saturated heterocycles. The normalized spacial score (nSPS) is 41.6. The smallest absolute Gasteiger partial charge is 0.00500 e. The van der Waals surface area contributed by atoms with E-state index in [1.54, 1.807) is 0 Å². The molecular weight excluding hydrogens is 212 g/mol. The van der Waals surface area contributed by atoms with Crippen molar-refractivity contribution in [2.45, 2.75) is 82.1 Å². The average Bonchev–Trinajstić information content (AvgIpc) is 2.47. The van der Waals surface area contributed by atoms with Crippen molar-refractivity contribution in [3.05, 3.63) is 0 Å². The lowest BCUT2D eigenvalue weighted by Crippen LogP contribution is -2.17. The molecular formula is C15H28S. The monoisotopic (exact) mass is 240 g/mol. The maximum absolute atomic E-state index is 2.44. The van der Waals surface area contributed by atoms with Gasteiger partial charge in [0, 0.05) is 10.5 Å². The van der Waals surface area contributed by atoms with Gasteiger partial charge in [-0.15, -0.1) is 0 Å². The topological polar surface area (TPSA) is 0 Å². The van der Waals surface area contributed by atoms with E-state index in [1.807, 2.05) is 0 Å². The lowest BCUT2D eigenvalue weighted by Gasteiger charge is -2.28. The first-order valence-electron chi connectivity index (χ1n) is 7.39. The maximum Gasteiger partial charge on any atom is 0.00500 e. The maximum atomic E-state index is 2.44. The molecule has 16 heavy (non-hydrogen) atoms. The van der Waals surface area contributed by atoms with Crippen LogP contribution in [-0.2, 0) is 0 Å². The van der Waals surface area contributed by atoms with Gasteiger partial charge in [-0.1, -0.05) is 26.7 Å². The van der Waals surface area contributed by atoms with E-state index in [9.17, 15) is 0 Å². The second kappa shape index (κ2) is 6.33. The summed E-state index contributed by atoms with van der Waals surface area (Å²) in [5, 5.41) is 2.01. The Morgan fingerprint density at radius 1 is 0.625 bits per heavy atom. The van der Waals surface area contributed by atoms with Crippen LogP contribution in [0, 0.1) is 11.8 Å². The molecule has 2 atom stereocenters. The highest BCUT2D eigenvalue weighted by atomic mass is 32.2. The molecule has 0 aliphatic heterocycles. The molecule has 0 aromatic rings. The SMILES string of the molecule is CC1CCCC(SC2CCC(C)CC2)CC1. The van der Waals surface area contributed by atoms with Crippen molar-refractivity contribution in [2.75, 3.05) is 0 Å². The van der Waals surface area contributed by atoms with Gasteiger partial charge in [0.25, 0.3) is 0 Å². The van der Waals surface area contributed by atoms with E-state index in [4.69, 9.17) is 0 Å². The minimum absolute atomic E-state index is 0.997. The van der Waals surface area contributed by atoms with Crippen LogP contribution >= 0.6 is 11.8 Å². The first kappa shape index (κ1) is 12.8. The Bertz CT molecular complexity index is 194. The van der Waals surface area contributed by atoms with Crippen molar-refractivity contribution in [2.24, 2.45) is 11.8 Å². The van der Waals surface area contributed by atoms with Crippen molar-refractivity contribution in [3.63, 3.8) is 0 Å². The Kier molecular flexibility index (Phi) is 5.06. The molecule has 0 N–H and O–H groups in total. The Balaban J connectivity index is 1.72. The summed E-state index contributed by atoms with van der Waals surface area (Å²) in [7, 11) is 0. The number of hydrogen-bond acceptors (Lipinski definition) is 1. The fourth-order valence-electron chi connectivity index (χ4n) is 3.23. The Hall–Kier alpha value is 0.350. The van der Waals surface area contributed by atoms with Crippen LogP contribution in [-0.4, -0.2) is 10.5 Å². The van der Waals surface area contributed by atoms with E-state index >= 15 is 0 Å². The number of rotatable bonds is 2. The molecule has 2 aliphatic rings. The lowest BCUT2D eigenvalue weighted by molar-refractivity contribution is 0.392. The van der Waals surface area contributed by atoms with Gasteiger partial charge in [-0.2, -0.15) is 11.8 Å². The Morgan fingerprint density at radius 2 is 1.12 bits per heavy atom. The molecule has 0 aromatic carbocycles. The molecule has 2 fully saturated rings. The fraction of sp³-hybridized carbons (Fsp3) is 1.00. The summed E-state index contributed by atoms with van der Waals surface area (Å²) in [5.74, 6) is 2.00. The minimum atomic E-state index is 0.997. The third-order valence-electron chi connectivity index (χ3n) is 4.55. The minimum Gasteiger partial charge on any atom is -0.155 e. The van der Waals surface area contributed by atoms with Crippen molar-refractivity contribution in [3.8, 4) is 0 Å². The van der Waals surface area contributed by atoms with Crippen LogP contribution in [0.25, 0.3) is 0 Å². The van der Waals surface area contributed by atoms with Gasteiger partial charge in [0.05, 0.1) is 0 Å². The summed E-state index contributed by atoms with van der Waals surface area (Å²) in [6.45, 7) is 4.86. The van der Waals surface area contributed by atoms with E-state index in [0.29, 0.717) is 0 Å². The highest BCUT2D eigenvalue weighted by Gasteiger charge is 2.23. The van der Waals surface area contributed by atoms with E-state index in [0.717, 1.165) is 22.3 Å². The van der Waals surface area contributed by atoms with E-state index in [2.05, 4.69) is 25.6 Å².